The van der Waals surface area contributed by atoms with Crippen LogP contribution >= 0.6 is 23.2 Å². The molecule has 0 aromatic heterocycles. The minimum Gasteiger partial charge on any atom is -0.482 e. The predicted molar refractivity (Wildman–Crippen MR) is 101 cm³/mol. The Labute approximate surface area is 159 Å². The van der Waals surface area contributed by atoms with Crippen molar-refractivity contribution in [3.05, 3.63) is 74.3 Å². The van der Waals surface area contributed by atoms with Crippen molar-refractivity contribution >= 4 is 47.1 Å². The summed E-state index contributed by atoms with van der Waals surface area (Å²) in [6, 6.07) is 10.8. The average Bonchev–Trinajstić information content (AvgIpc) is 2.61. The molecule has 0 saturated heterocycles. The highest BCUT2D eigenvalue weighted by Gasteiger charge is 2.06. The van der Waals surface area contributed by atoms with E-state index in [0.717, 1.165) is 0 Å². The number of hydrogen-bond acceptors (Lipinski definition) is 5. The van der Waals surface area contributed by atoms with E-state index in [1.54, 1.807) is 30.3 Å². The monoisotopic (exact) mass is 393 g/mol. The van der Waals surface area contributed by atoms with Crippen LogP contribution in [0.3, 0.4) is 0 Å². The normalized spacial score (nSPS) is 11.0. The summed E-state index contributed by atoms with van der Waals surface area (Å²) in [5.41, 5.74) is 2.91. The molecule has 9 heteroatoms. The first-order valence-electron chi connectivity index (χ1n) is 7.26. The SMILES string of the molecule is O=C(COc1ccc(Cl)cc1Cl)N/N=C\C=C\c1cccc([N+](=O)[O-])c1. The number of nitrogens with zero attached hydrogens (tertiary/aromatic N) is 2. The highest BCUT2D eigenvalue weighted by molar-refractivity contribution is 6.35. The molecule has 0 aliphatic carbocycles. The molecule has 0 heterocycles. The van der Waals surface area contributed by atoms with Gasteiger partial charge >= 0.3 is 0 Å². The first kappa shape index (κ1) is 19.4. The van der Waals surface area contributed by atoms with E-state index >= 15 is 0 Å². The van der Waals surface area contributed by atoms with Gasteiger partial charge in [0, 0.05) is 23.4 Å². The van der Waals surface area contributed by atoms with Gasteiger partial charge in [-0.15, -0.1) is 0 Å². The van der Waals surface area contributed by atoms with Crippen LogP contribution in [0.4, 0.5) is 5.69 Å². The third-order valence-corrected chi connectivity index (χ3v) is 3.50. The summed E-state index contributed by atoms with van der Waals surface area (Å²) in [5.74, 6) is -0.142. The first-order valence-corrected chi connectivity index (χ1v) is 8.02. The highest BCUT2D eigenvalue weighted by Crippen LogP contribution is 2.27. The fourth-order valence-corrected chi connectivity index (χ4v) is 2.28. The van der Waals surface area contributed by atoms with Gasteiger partial charge in [-0.25, -0.2) is 5.43 Å². The summed E-state index contributed by atoms with van der Waals surface area (Å²) in [6.45, 7) is -0.271. The lowest BCUT2D eigenvalue weighted by Crippen LogP contribution is -2.24. The zero-order valence-corrected chi connectivity index (χ0v) is 14.8. The van der Waals surface area contributed by atoms with Crippen LogP contribution in [0.1, 0.15) is 5.56 Å². The van der Waals surface area contributed by atoms with E-state index in [-0.39, 0.29) is 12.3 Å². The van der Waals surface area contributed by atoms with E-state index in [9.17, 15) is 14.9 Å². The predicted octanol–water partition coefficient (Wildman–Crippen LogP) is 4.10. The number of nitro benzene ring substituents is 1. The number of hydrogen-bond donors (Lipinski definition) is 1. The fraction of sp³-hybridized carbons (Fsp3) is 0.0588. The Kier molecular flexibility index (Phi) is 7.13. The van der Waals surface area contributed by atoms with Gasteiger partial charge in [0.1, 0.15) is 5.75 Å². The fourth-order valence-electron chi connectivity index (χ4n) is 1.82. The van der Waals surface area contributed by atoms with Crippen molar-refractivity contribution in [2.75, 3.05) is 6.61 Å². The number of nitrogens with one attached hydrogen (secondary N) is 1. The van der Waals surface area contributed by atoms with Crippen LogP contribution in [0.25, 0.3) is 6.08 Å². The van der Waals surface area contributed by atoms with Gasteiger partial charge in [-0.05, 0) is 29.8 Å². The molecule has 134 valence electrons. The number of carbonyl (C=O) groups excluding carboxylic acids is 1. The maximum absolute atomic E-state index is 11.6. The number of nitro groups is 1. The number of carbonyl (C=O) groups is 1. The van der Waals surface area contributed by atoms with Crippen LogP contribution in [0.15, 0.2) is 53.6 Å². The number of ether oxygens (including phenoxy) is 1. The lowest BCUT2D eigenvalue weighted by atomic mass is 10.2. The molecular formula is C17H13Cl2N3O4. The standard InChI is InChI=1S/C17H13Cl2N3O4/c18-13-6-7-16(15(19)10-13)26-11-17(23)21-20-8-2-4-12-3-1-5-14(9-12)22(24)25/h1-10H,11H2,(H,21,23)/b4-2+,20-8-. The number of hydrazone groups is 1. The van der Waals surface area contributed by atoms with Crippen molar-refractivity contribution < 1.29 is 14.5 Å². The van der Waals surface area contributed by atoms with Crippen LogP contribution in [0.5, 0.6) is 5.75 Å². The van der Waals surface area contributed by atoms with Gasteiger partial charge in [0.15, 0.2) is 6.61 Å². The van der Waals surface area contributed by atoms with Crippen LogP contribution in [-0.4, -0.2) is 23.7 Å². The minimum absolute atomic E-state index is 0.00426. The van der Waals surface area contributed by atoms with E-state index in [2.05, 4.69) is 10.5 Å². The first-order chi connectivity index (χ1) is 12.5. The molecule has 0 bridgehead atoms. The van der Waals surface area contributed by atoms with E-state index < -0.39 is 10.8 Å². The second-order valence-corrected chi connectivity index (χ2v) is 5.73. The lowest BCUT2D eigenvalue weighted by molar-refractivity contribution is -0.384. The van der Waals surface area contributed by atoms with E-state index in [0.29, 0.717) is 21.4 Å². The van der Waals surface area contributed by atoms with Gasteiger partial charge in [0.2, 0.25) is 0 Å². The molecular weight excluding hydrogens is 381 g/mol. The minimum atomic E-state index is -0.476. The molecule has 0 spiro atoms. The summed E-state index contributed by atoms with van der Waals surface area (Å²) in [6.07, 6.45) is 4.49. The number of non-ortho nitro benzene ring substituents is 1. The summed E-state index contributed by atoms with van der Waals surface area (Å²) >= 11 is 11.7. The van der Waals surface area contributed by atoms with Crippen LogP contribution < -0.4 is 10.2 Å². The Morgan fingerprint density at radius 2 is 2.08 bits per heavy atom. The number of amides is 1. The number of halogens is 2. The van der Waals surface area contributed by atoms with E-state index in [1.807, 2.05) is 0 Å². The molecule has 1 amide bonds. The van der Waals surface area contributed by atoms with Gasteiger partial charge in [-0.3, -0.25) is 14.9 Å². The number of benzene rings is 2. The van der Waals surface area contributed by atoms with Crippen LogP contribution in [0, 0.1) is 10.1 Å². The van der Waals surface area contributed by atoms with Crippen molar-refractivity contribution in [1.82, 2.24) is 5.43 Å². The van der Waals surface area contributed by atoms with Gasteiger partial charge in [0.25, 0.3) is 11.6 Å². The average molecular weight is 394 g/mol. The van der Waals surface area contributed by atoms with E-state index in [4.69, 9.17) is 27.9 Å². The van der Waals surface area contributed by atoms with Crippen molar-refractivity contribution in [3.8, 4) is 5.75 Å². The maximum Gasteiger partial charge on any atom is 0.277 e. The molecule has 26 heavy (non-hydrogen) atoms. The summed E-state index contributed by atoms with van der Waals surface area (Å²) in [7, 11) is 0. The molecule has 0 unspecified atom stereocenters. The largest absolute Gasteiger partial charge is 0.482 e. The molecule has 0 atom stereocenters. The maximum atomic E-state index is 11.6. The summed E-state index contributed by atoms with van der Waals surface area (Å²) in [4.78, 5) is 21.8. The topological polar surface area (TPSA) is 93.8 Å². The molecule has 2 rings (SSSR count). The summed E-state index contributed by atoms with van der Waals surface area (Å²) < 4.78 is 5.26. The molecule has 0 saturated carbocycles. The summed E-state index contributed by atoms with van der Waals surface area (Å²) in [5, 5.41) is 15.2. The van der Waals surface area contributed by atoms with Crippen molar-refractivity contribution in [1.29, 1.82) is 0 Å². The zero-order valence-electron chi connectivity index (χ0n) is 13.3. The number of allylic oxidation sites excluding steroid dienone is 1. The Balaban J connectivity index is 1.79. The molecule has 0 aliphatic rings. The van der Waals surface area contributed by atoms with Crippen LogP contribution in [-0.2, 0) is 4.79 Å². The van der Waals surface area contributed by atoms with E-state index in [1.165, 1.54) is 30.5 Å². The van der Waals surface area contributed by atoms with Crippen molar-refractivity contribution in [3.63, 3.8) is 0 Å². The Hall–Kier alpha value is -2.90. The zero-order chi connectivity index (χ0) is 18.9. The van der Waals surface area contributed by atoms with Gasteiger partial charge in [-0.2, -0.15) is 5.10 Å². The number of rotatable bonds is 7. The Morgan fingerprint density at radius 3 is 2.81 bits per heavy atom. The van der Waals surface area contributed by atoms with Crippen molar-refractivity contribution in [2.24, 2.45) is 5.10 Å². The second kappa shape index (κ2) is 9.55. The lowest BCUT2D eigenvalue weighted by Gasteiger charge is -2.06. The second-order valence-electron chi connectivity index (χ2n) is 4.89. The van der Waals surface area contributed by atoms with Gasteiger partial charge in [0.05, 0.1) is 9.95 Å². The van der Waals surface area contributed by atoms with Gasteiger partial charge < -0.3 is 4.74 Å². The van der Waals surface area contributed by atoms with Crippen molar-refractivity contribution in [2.45, 2.75) is 0 Å². The molecule has 0 radical (unpaired) electrons. The molecule has 0 fully saturated rings. The molecule has 0 aliphatic heterocycles. The highest BCUT2D eigenvalue weighted by atomic mass is 35.5. The third kappa shape index (κ3) is 6.19. The molecule has 2 aromatic rings. The van der Waals surface area contributed by atoms with Crippen LogP contribution in [0.2, 0.25) is 10.0 Å². The molecule has 7 nitrogen and oxygen atoms in total. The molecule has 2 aromatic carbocycles. The Bertz CT molecular complexity index is 869. The quantitative estimate of drug-likeness (QED) is 0.435. The molecule has 1 N–H and O–H groups in total. The third-order valence-electron chi connectivity index (χ3n) is 2.97. The van der Waals surface area contributed by atoms with Gasteiger partial charge in [-0.1, -0.05) is 41.4 Å². The Morgan fingerprint density at radius 1 is 1.27 bits per heavy atom. The smallest absolute Gasteiger partial charge is 0.277 e.